The van der Waals surface area contributed by atoms with E-state index in [0.717, 1.165) is 11.4 Å². The van der Waals surface area contributed by atoms with E-state index < -0.39 is 0 Å². The summed E-state index contributed by atoms with van der Waals surface area (Å²) < 4.78 is 2.38. The molecule has 2 aliphatic rings. The van der Waals surface area contributed by atoms with Gasteiger partial charge in [-0.3, -0.25) is 0 Å². The van der Waals surface area contributed by atoms with Crippen LogP contribution in [-0.2, 0) is 10.8 Å². The summed E-state index contributed by atoms with van der Waals surface area (Å²) in [5, 5.41) is 2.56. The summed E-state index contributed by atoms with van der Waals surface area (Å²) in [6, 6.07) is 67.5. The molecular formula is C54H42N2. The topological polar surface area (TPSA) is 8.17 Å². The van der Waals surface area contributed by atoms with E-state index in [1.807, 2.05) is 0 Å². The molecule has 2 nitrogen and oxygen atoms in total. The minimum Gasteiger partial charge on any atom is -0.310 e. The van der Waals surface area contributed by atoms with Crippen LogP contribution in [0.15, 0.2) is 182 Å². The van der Waals surface area contributed by atoms with Gasteiger partial charge in [-0.05, 0) is 116 Å². The molecule has 1 aromatic heterocycles. The Balaban J connectivity index is 1.00. The Labute approximate surface area is 328 Å². The summed E-state index contributed by atoms with van der Waals surface area (Å²) in [4.78, 5) is 2.45. The average Bonchev–Trinajstić information content (AvgIpc) is 3.78. The minimum atomic E-state index is -0.0928. The van der Waals surface area contributed by atoms with E-state index in [1.54, 1.807) is 0 Å². The maximum atomic E-state index is 2.45. The molecule has 1 heterocycles. The zero-order valence-electron chi connectivity index (χ0n) is 32.2. The van der Waals surface area contributed by atoms with Crippen molar-refractivity contribution in [3.8, 4) is 39.1 Å². The van der Waals surface area contributed by atoms with Crippen LogP contribution in [0, 0.1) is 0 Å². The van der Waals surface area contributed by atoms with Gasteiger partial charge in [-0.2, -0.15) is 0 Å². The Morgan fingerprint density at radius 1 is 0.357 bits per heavy atom. The third-order valence-corrected chi connectivity index (χ3v) is 12.8. The van der Waals surface area contributed by atoms with Crippen molar-refractivity contribution in [2.24, 2.45) is 0 Å². The number of fused-ring (bicyclic) bond motifs is 9. The summed E-state index contributed by atoms with van der Waals surface area (Å²) in [7, 11) is 0. The molecule has 0 atom stereocenters. The van der Waals surface area contributed by atoms with Gasteiger partial charge in [-0.1, -0.05) is 149 Å². The van der Waals surface area contributed by atoms with Crippen LogP contribution in [0.1, 0.15) is 49.9 Å². The first kappa shape index (κ1) is 32.8. The predicted octanol–water partition coefficient (Wildman–Crippen LogP) is 14.5. The van der Waals surface area contributed by atoms with Gasteiger partial charge in [0.15, 0.2) is 0 Å². The van der Waals surface area contributed by atoms with E-state index in [9.17, 15) is 0 Å². The lowest BCUT2D eigenvalue weighted by atomic mass is 9.82. The van der Waals surface area contributed by atoms with Gasteiger partial charge in [0.05, 0.1) is 11.0 Å². The average molecular weight is 719 g/mol. The molecule has 2 aliphatic carbocycles. The summed E-state index contributed by atoms with van der Waals surface area (Å²) in [6.07, 6.45) is 0. The highest BCUT2D eigenvalue weighted by Crippen LogP contribution is 2.53. The van der Waals surface area contributed by atoms with Gasteiger partial charge in [-0.15, -0.1) is 0 Å². The van der Waals surface area contributed by atoms with Gasteiger partial charge >= 0.3 is 0 Å². The van der Waals surface area contributed by atoms with Crippen molar-refractivity contribution in [3.05, 3.63) is 204 Å². The first-order chi connectivity index (χ1) is 27.3. The molecule has 9 aromatic rings. The first-order valence-electron chi connectivity index (χ1n) is 19.8. The zero-order chi connectivity index (χ0) is 37.8. The van der Waals surface area contributed by atoms with Crippen molar-refractivity contribution < 1.29 is 0 Å². The van der Waals surface area contributed by atoms with E-state index in [4.69, 9.17) is 0 Å². The Morgan fingerprint density at radius 3 is 1.25 bits per heavy atom. The van der Waals surface area contributed by atoms with Crippen LogP contribution in [0.2, 0.25) is 0 Å². The molecule has 0 bridgehead atoms. The SMILES string of the molecule is CC1(C)c2ccccc2-c2ccc(N(c3ccc(-c4ccc(-n5c6ccccc6c6ccccc65)cc4)cc3)c3ccc4c(c3)C(C)(C)c3ccccc3-4)cc21. The molecule has 0 spiro atoms. The van der Waals surface area contributed by atoms with Crippen LogP contribution in [0.25, 0.3) is 60.9 Å². The number of nitrogens with zero attached hydrogens (tertiary/aromatic N) is 2. The van der Waals surface area contributed by atoms with Crippen molar-refractivity contribution in [3.63, 3.8) is 0 Å². The highest BCUT2D eigenvalue weighted by atomic mass is 15.1. The van der Waals surface area contributed by atoms with Crippen LogP contribution in [0.3, 0.4) is 0 Å². The Kier molecular flexibility index (Phi) is 6.98. The maximum Gasteiger partial charge on any atom is 0.0541 e. The molecule has 56 heavy (non-hydrogen) atoms. The zero-order valence-corrected chi connectivity index (χ0v) is 32.2. The lowest BCUT2D eigenvalue weighted by Gasteiger charge is -2.30. The van der Waals surface area contributed by atoms with Crippen molar-refractivity contribution in [2.45, 2.75) is 38.5 Å². The van der Waals surface area contributed by atoms with Crippen molar-refractivity contribution >= 4 is 38.9 Å². The first-order valence-corrected chi connectivity index (χ1v) is 19.8. The van der Waals surface area contributed by atoms with Crippen molar-refractivity contribution in [2.75, 3.05) is 4.90 Å². The lowest BCUT2D eigenvalue weighted by molar-refractivity contribution is 0.660. The molecule has 2 heteroatoms. The molecule has 0 unspecified atom stereocenters. The molecule has 268 valence electrons. The van der Waals surface area contributed by atoms with Crippen molar-refractivity contribution in [1.82, 2.24) is 4.57 Å². The third-order valence-electron chi connectivity index (χ3n) is 12.8. The number of rotatable bonds is 5. The number of para-hydroxylation sites is 2. The van der Waals surface area contributed by atoms with Crippen LogP contribution < -0.4 is 4.90 Å². The van der Waals surface area contributed by atoms with Crippen LogP contribution >= 0.6 is 0 Å². The maximum absolute atomic E-state index is 2.45. The number of hydrogen-bond acceptors (Lipinski definition) is 1. The monoisotopic (exact) mass is 718 g/mol. The van der Waals surface area contributed by atoms with E-state index >= 15 is 0 Å². The number of hydrogen-bond donors (Lipinski definition) is 0. The summed E-state index contributed by atoms with van der Waals surface area (Å²) in [5.41, 5.74) is 20.2. The van der Waals surface area contributed by atoms with E-state index in [1.165, 1.54) is 88.8 Å². The van der Waals surface area contributed by atoms with Gasteiger partial charge in [0.25, 0.3) is 0 Å². The fraction of sp³-hybridized carbons (Fsp3) is 0.111. The molecule has 0 saturated carbocycles. The normalized spacial score (nSPS) is 14.4. The van der Waals surface area contributed by atoms with Crippen LogP contribution in [-0.4, -0.2) is 4.57 Å². The molecule has 0 amide bonds. The van der Waals surface area contributed by atoms with Gasteiger partial charge in [-0.25, -0.2) is 0 Å². The third kappa shape index (κ3) is 4.69. The van der Waals surface area contributed by atoms with E-state index in [0.29, 0.717) is 0 Å². The second-order valence-corrected chi connectivity index (χ2v) is 16.6. The Morgan fingerprint density at radius 2 is 0.750 bits per heavy atom. The van der Waals surface area contributed by atoms with Gasteiger partial charge in [0.1, 0.15) is 0 Å². The summed E-state index contributed by atoms with van der Waals surface area (Å²) in [5.74, 6) is 0. The minimum absolute atomic E-state index is 0.0928. The smallest absolute Gasteiger partial charge is 0.0541 e. The van der Waals surface area contributed by atoms with E-state index in [-0.39, 0.29) is 10.8 Å². The predicted molar refractivity (Wildman–Crippen MR) is 236 cm³/mol. The summed E-state index contributed by atoms with van der Waals surface area (Å²) >= 11 is 0. The van der Waals surface area contributed by atoms with Crippen LogP contribution in [0.4, 0.5) is 17.1 Å². The van der Waals surface area contributed by atoms with Crippen LogP contribution in [0.5, 0.6) is 0 Å². The number of benzene rings is 8. The second kappa shape index (κ2) is 11.9. The fourth-order valence-corrected chi connectivity index (χ4v) is 9.92. The summed E-state index contributed by atoms with van der Waals surface area (Å²) in [6.45, 7) is 9.45. The largest absolute Gasteiger partial charge is 0.310 e. The highest BCUT2D eigenvalue weighted by molar-refractivity contribution is 6.09. The van der Waals surface area contributed by atoms with E-state index in [2.05, 4.69) is 219 Å². The molecule has 0 radical (unpaired) electrons. The highest BCUT2D eigenvalue weighted by Gasteiger charge is 2.37. The molecule has 0 N–H and O–H groups in total. The second-order valence-electron chi connectivity index (χ2n) is 16.6. The molecule has 0 fully saturated rings. The molecular weight excluding hydrogens is 677 g/mol. The van der Waals surface area contributed by atoms with Crippen molar-refractivity contribution in [1.29, 1.82) is 0 Å². The fourth-order valence-electron chi connectivity index (χ4n) is 9.92. The van der Waals surface area contributed by atoms with Gasteiger partial charge in [0.2, 0.25) is 0 Å². The molecule has 11 rings (SSSR count). The molecule has 0 aliphatic heterocycles. The lowest BCUT2D eigenvalue weighted by Crippen LogP contribution is -2.18. The standard InChI is InChI=1S/C54H42N2/c1-53(2)47-17-9-5-13-41(47)43-31-29-39(33-49(43)53)55(40-30-32-44-42-14-6-10-18-48(42)54(3,4)50(44)34-40)37-25-21-35(22-26-37)36-23-27-38(28-24-36)56-51-19-11-7-15-45(51)46-16-8-12-20-52(46)56/h5-34H,1-4H3. The van der Waals surface area contributed by atoms with Gasteiger partial charge in [0, 0.05) is 44.4 Å². The Bertz CT molecular complexity index is 2850. The quantitative estimate of drug-likeness (QED) is 0.172. The molecule has 8 aromatic carbocycles. The number of anilines is 3. The molecule has 0 saturated heterocycles. The number of aromatic nitrogens is 1. The van der Waals surface area contributed by atoms with Gasteiger partial charge < -0.3 is 9.47 Å². The Hall–Kier alpha value is -6.64.